The highest BCUT2D eigenvalue weighted by Crippen LogP contribution is 2.58. The molecule has 0 aromatic heterocycles. The monoisotopic (exact) mass is 408 g/mol. The first-order valence-electron chi connectivity index (χ1n) is 8.33. The normalized spacial score (nSPS) is 20.8. The second kappa shape index (κ2) is 6.82. The van der Waals surface area contributed by atoms with E-state index in [9.17, 15) is 13.2 Å². The number of primary sulfonamides is 1. The van der Waals surface area contributed by atoms with Gasteiger partial charge in [0.15, 0.2) is 0 Å². The Balaban J connectivity index is 1.80. The number of halogens is 1. The van der Waals surface area contributed by atoms with E-state index in [0.29, 0.717) is 16.3 Å². The maximum absolute atomic E-state index is 12.7. The summed E-state index contributed by atoms with van der Waals surface area (Å²) in [5.74, 6) is 0.238. The van der Waals surface area contributed by atoms with Gasteiger partial charge in [0.2, 0.25) is 10.0 Å². The molecular weight excluding hydrogens is 388 g/mol. The Morgan fingerprint density at radius 2 is 1.81 bits per heavy atom. The predicted octanol–water partition coefficient (Wildman–Crippen LogP) is 2.92. The number of carbonyl (C=O) groups is 1. The van der Waals surface area contributed by atoms with Crippen LogP contribution in [0.4, 0.5) is 0 Å². The summed E-state index contributed by atoms with van der Waals surface area (Å²) in [6.45, 7) is 4.09. The van der Waals surface area contributed by atoms with Crippen molar-refractivity contribution in [1.82, 2.24) is 5.32 Å². The molecule has 3 N–H and O–H groups in total. The number of benzene rings is 2. The Morgan fingerprint density at radius 3 is 2.37 bits per heavy atom. The molecule has 1 amide bonds. The minimum absolute atomic E-state index is 0.0566. The van der Waals surface area contributed by atoms with Gasteiger partial charge in [0.25, 0.3) is 5.91 Å². The molecule has 3 rings (SSSR count). The van der Waals surface area contributed by atoms with E-state index in [1.54, 1.807) is 30.3 Å². The summed E-state index contributed by atoms with van der Waals surface area (Å²) in [7, 11) is -2.23. The molecule has 8 heteroatoms. The van der Waals surface area contributed by atoms with Crippen molar-refractivity contribution in [3.63, 3.8) is 0 Å². The van der Waals surface area contributed by atoms with Crippen molar-refractivity contribution in [2.75, 3.05) is 7.11 Å². The maximum atomic E-state index is 12.7. The lowest BCUT2D eigenvalue weighted by Crippen LogP contribution is -2.29. The number of nitrogens with one attached hydrogen (secondary N) is 1. The van der Waals surface area contributed by atoms with Crippen LogP contribution >= 0.6 is 11.6 Å². The largest absolute Gasteiger partial charge is 0.496 e. The van der Waals surface area contributed by atoms with Crippen LogP contribution in [0.3, 0.4) is 0 Å². The topological polar surface area (TPSA) is 98.5 Å². The van der Waals surface area contributed by atoms with E-state index in [1.165, 1.54) is 19.2 Å². The van der Waals surface area contributed by atoms with Crippen LogP contribution in [0, 0.1) is 5.41 Å². The Labute approximate surface area is 163 Å². The van der Waals surface area contributed by atoms with Crippen LogP contribution in [0.2, 0.25) is 5.02 Å². The van der Waals surface area contributed by atoms with E-state index < -0.39 is 10.0 Å². The van der Waals surface area contributed by atoms with E-state index in [1.807, 2.05) is 13.8 Å². The van der Waals surface area contributed by atoms with Gasteiger partial charge in [-0.05, 0) is 41.3 Å². The van der Waals surface area contributed by atoms with E-state index in [-0.39, 0.29) is 28.2 Å². The Bertz CT molecular complexity index is 987. The van der Waals surface area contributed by atoms with Gasteiger partial charge in [-0.15, -0.1) is 0 Å². The fourth-order valence-electron chi connectivity index (χ4n) is 3.47. The smallest absolute Gasteiger partial charge is 0.255 e. The molecule has 27 heavy (non-hydrogen) atoms. The van der Waals surface area contributed by atoms with E-state index in [2.05, 4.69) is 5.32 Å². The van der Waals surface area contributed by atoms with Gasteiger partial charge in [-0.1, -0.05) is 37.6 Å². The second-order valence-corrected chi connectivity index (χ2v) is 9.21. The molecule has 1 aliphatic carbocycles. The zero-order valence-corrected chi connectivity index (χ0v) is 16.8. The molecule has 0 spiro atoms. The van der Waals surface area contributed by atoms with E-state index >= 15 is 0 Å². The fraction of sp³-hybridized carbons (Fsp3) is 0.316. The lowest BCUT2D eigenvalue weighted by molar-refractivity contribution is 0.0943. The molecule has 0 radical (unpaired) electrons. The van der Waals surface area contributed by atoms with Gasteiger partial charge < -0.3 is 10.1 Å². The number of hydrogen-bond donors (Lipinski definition) is 2. The minimum Gasteiger partial charge on any atom is -0.496 e. The number of ether oxygens (including phenoxy) is 1. The SMILES string of the molecule is COc1ccc(Cl)cc1C(=O)NC1[C@@H](c2ccc(S(N)(=O)=O)cc2)C1(C)C. The van der Waals surface area contributed by atoms with E-state index in [0.717, 1.165) is 5.56 Å². The Hall–Kier alpha value is -2.09. The van der Waals surface area contributed by atoms with Crippen LogP contribution in [0.1, 0.15) is 35.7 Å². The maximum Gasteiger partial charge on any atom is 0.255 e. The van der Waals surface area contributed by atoms with Crippen molar-refractivity contribution in [1.29, 1.82) is 0 Å². The number of hydrogen-bond acceptors (Lipinski definition) is 4. The summed E-state index contributed by atoms with van der Waals surface area (Å²) in [6.07, 6.45) is 0. The lowest BCUT2D eigenvalue weighted by atomic mass is 10.0. The highest BCUT2D eigenvalue weighted by molar-refractivity contribution is 7.89. The molecule has 0 saturated heterocycles. The highest BCUT2D eigenvalue weighted by Gasteiger charge is 2.59. The fourth-order valence-corrected chi connectivity index (χ4v) is 4.16. The average molecular weight is 409 g/mol. The summed E-state index contributed by atoms with van der Waals surface area (Å²) in [5, 5.41) is 8.63. The zero-order valence-electron chi connectivity index (χ0n) is 15.2. The molecule has 2 atom stereocenters. The van der Waals surface area contributed by atoms with Crippen LogP contribution in [0.25, 0.3) is 0 Å². The molecule has 2 aromatic carbocycles. The predicted molar refractivity (Wildman–Crippen MR) is 104 cm³/mol. The third-order valence-corrected chi connectivity index (χ3v) is 6.25. The third-order valence-electron chi connectivity index (χ3n) is 5.09. The minimum atomic E-state index is -3.73. The standard InChI is InChI=1S/C19H21ClN2O4S/c1-19(2)16(11-4-7-13(8-5-11)27(21,24)25)17(19)22-18(23)14-10-12(20)6-9-15(14)26-3/h4-10,16-17H,1-3H3,(H,22,23)(H2,21,24,25)/t16-,17?/m1/s1. The number of amides is 1. The summed E-state index contributed by atoms with van der Waals surface area (Å²) in [6, 6.07) is 11.2. The van der Waals surface area contributed by atoms with Crippen LogP contribution in [-0.2, 0) is 10.0 Å². The summed E-state index contributed by atoms with van der Waals surface area (Å²) < 4.78 is 28.1. The molecule has 1 fully saturated rings. The quantitative estimate of drug-likeness (QED) is 0.794. The number of nitrogens with two attached hydrogens (primary N) is 1. The molecule has 6 nitrogen and oxygen atoms in total. The van der Waals surface area contributed by atoms with Gasteiger partial charge in [-0.3, -0.25) is 4.79 Å². The zero-order chi connectivity index (χ0) is 20.0. The van der Waals surface area contributed by atoms with Crippen molar-refractivity contribution < 1.29 is 17.9 Å². The van der Waals surface area contributed by atoms with Crippen molar-refractivity contribution >= 4 is 27.5 Å². The average Bonchev–Trinajstić information content (AvgIpc) is 3.14. The molecule has 1 unspecified atom stereocenters. The molecule has 0 heterocycles. The van der Waals surface area contributed by atoms with Gasteiger partial charge in [-0.25, -0.2) is 13.6 Å². The molecule has 1 saturated carbocycles. The first-order chi connectivity index (χ1) is 12.6. The molecule has 0 aliphatic heterocycles. The molecular formula is C19H21ClN2O4S. The van der Waals surface area contributed by atoms with Crippen LogP contribution in [0.15, 0.2) is 47.4 Å². The van der Waals surface area contributed by atoms with Crippen molar-refractivity contribution in [3.8, 4) is 5.75 Å². The number of sulfonamides is 1. The molecule has 1 aliphatic rings. The number of methoxy groups -OCH3 is 1. The van der Waals surface area contributed by atoms with Crippen molar-refractivity contribution in [3.05, 3.63) is 58.6 Å². The van der Waals surface area contributed by atoms with Crippen molar-refractivity contribution in [2.24, 2.45) is 10.6 Å². The lowest BCUT2D eigenvalue weighted by Gasteiger charge is -2.10. The Kier molecular flexibility index (Phi) is 4.96. The number of carbonyl (C=O) groups excluding carboxylic acids is 1. The summed E-state index contributed by atoms with van der Waals surface area (Å²) >= 11 is 6.01. The number of rotatable bonds is 5. The third kappa shape index (κ3) is 3.81. The van der Waals surface area contributed by atoms with Gasteiger partial charge in [-0.2, -0.15) is 0 Å². The van der Waals surface area contributed by atoms with Gasteiger partial charge in [0.05, 0.1) is 17.6 Å². The van der Waals surface area contributed by atoms with Crippen LogP contribution in [-0.4, -0.2) is 27.5 Å². The first kappa shape index (κ1) is 19.7. The molecule has 144 valence electrons. The summed E-state index contributed by atoms with van der Waals surface area (Å²) in [4.78, 5) is 12.8. The van der Waals surface area contributed by atoms with Crippen molar-refractivity contribution in [2.45, 2.75) is 30.7 Å². The second-order valence-electron chi connectivity index (χ2n) is 7.21. The van der Waals surface area contributed by atoms with Gasteiger partial charge in [0.1, 0.15) is 5.75 Å². The van der Waals surface area contributed by atoms with E-state index in [4.69, 9.17) is 21.5 Å². The molecule has 2 aromatic rings. The first-order valence-corrected chi connectivity index (χ1v) is 10.3. The van der Waals surface area contributed by atoms with Crippen LogP contribution < -0.4 is 15.2 Å². The van der Waals surface area contributed by atoms with Gasteiger partial charge in [0, 0.05) is 17.0 Å². The highest BCUT2D eigenvalue weighted by atomic mass is 35.5. The Morgan fingerprint density at radius 1 is 1.19 bits per heavy atom. The van der Waals surface area contributed by atoms with Crippen LogP contribution in [0.5, 0.6) is 5.75 Å². The molecule has 0 bridgehead atoms. The summed E-state index contributed by atoms with van der Waals surface area (Å²) in [5.41, 5.74) is 1.14. The van der Waals surface area contributed by atoms with Gasteiger partial charge >= 0.3 is 0 Å².